The van der Waals surface area contributed by atoms with E-state index in [0.29, 0.717) is 21.9 Å². The average molecular weight is 493 g/mol. The number of nitrogen functional groups attached to an aromatic ring is 1. The number of nitrogens with zero attached hydrogens (tertiary/aromatic N) is 4. The summed E-state index contributed by atoms with van der Waals surface area (Å²) in [4.78, 5) is 59.5. The van der Waals surface area contributed by atoms with Crippen LogP contribution in [0.1, 0.15) is 27.7 Å². The first kappa shape index (κ1) is 24.8. The highest BCUT2D eigenvalue weighted by atomic mass is 32.2. The standard InChI is InChI=1S/C21H28N6O4S2/c1-11(2)8-26(15-16(22)27(9-12(3)4)20(31)23-17(15)29)14(28)10-33-21-24-18-13(6-7-32-18)19(30)25(21)5/h6-7,11-12H,8-10,22H2,1-5H3,(H,23,29,31). The molecular weight excluding hydrogens is 464 g/mol. The van der Waals surface area contributed by atoms with Gasteiger partial charge in [0.05, 0.1) is 11.1 Å². The Morgan fingerprint density at radius 1 is 1.24 bits per heavy atom. The third kappa shape index (κ3) is 5.22. The first-order valence-electron chi connectivity index (χ1n) is 10.5. The maximum Gasteiger partial charge on any atom is 0.330 e. The minimum absolute atomic E-state index is 0.0353. The van der Waals surface area contributed by atoms with Gasteiger partial charge in [0.15, 0.2) is 10.8 Å². The minimum atomic E-state index is -0.706. The first-order chi connectivity index (χ1) is 15.5. The molecule has 3 aromatic rings. The Labute approximate surface area is 198 Å². The minimum Gasteiger partial charge on any atom is -0.383 e. The number of thiophene rings is 1. The van der Waals surface area contributed by atoms with Crippen LogP contribution in [0.5, 0.6) is 0 Å². The molecule has 0 aromatic carbocycles. The third-order valence-electron chi connectivity index (χ3n) is 4.87. The molecule has 0 aliphatic heterocycles. The van der Waals surface area contributed by atoms with E-state index in [1.165, 1.54) is 25.4 Å². The highest BCUT2D eigenvalue weighted by molar-refractivity contribution is 7.99. The lowest BCUT2D eigenvalue weighted by Gasteiger charge is -2.26. The van der Waals surface area contributed by atoms with Crippen LogP contribution in [0, 0.1) is 11.8 Å². The van der Waals surface area contributed by atoms with Gasteiger partial charge in [-0.15, -0.1) is 11.3 Å². The van der Waals surface area contributed by atoms with Crippen molar-refractivity contribution in [1.29, 1.82) is 0 Å². The normalized spacial score (nSPS) is 11.6. The van der Waals surface area contributed by atoms with E-state index in [1.807, 2.05) is 27.7 Å². The van der Waals surface area contributed by atoms with Gasteiger partial charge in [-0.25, -0.2) is 9.78 Å². The number of carbonyl (C=O) groups is 1. The number of anilines is 2. The van der Waals surface area contributed by atoms with E-state index < -0.39 is 11.2 Å². The molecular formula is C21H28N6O4S2. The number of nitrogens with one attached hydrogen (secondary N) is 1. The molecule has 3 rings (SSSR count). The first-order valence-corrected chi connectivity index (χ1v) is 12.4. The fourth-order valence-corrected chi connectivity index (χ4v) is 5.03. The Morgan fingerprint density at radius 2 is 1.94 bits per heavy atom. The molecule has 0 atom stereocenters. The molecule has 3 heterocycles. The Kier molecular flexibility index (Phi) is 7.48. The van der Waals surface area contributed by atoms with Gasteiger partial charge in [0.25, 0.3) is 11.1 Å². The van der Waals surface area contributed by atoms with Gasteiger partial charge in [0.2, 0.25) is 5.91 Å². The van der Waals surface area contributed by atoms with Gasteiger partial charge in [0.1, 0.15) is 10.6 Å². The molecule has 0 radical (unpaired) electrons. The quantitative estimate of drug-likeness (QED) is 0.362. The van der Waals surface area contributed by atoms with Gasteiger partial charge in [-0.3, -0.25) is 28.5 Å². The smallest absolute Gasteiger partial charge is 0.330 e. The molecule has 12 heteroatoms. The van der Waals surface area contributed by atoms with Crippen molar-refractivity contribution in [2.75, 3.05) is 22.9 Å². The van der Waals surface area contributed by atoms with E-state index >= 15 is 0 Å². The van der Waals surface area contributed by atoms with Crippen molar-refractivity contribution >= 4 is 50.7 Å². The molecule has 0 aliphatic carbocycles. The van der Waals surface area contributed by atoms with Crippen molar-refractivity contribution in [3.05, 3.63) is 42.6 Å². The lowest BCUT2D eigenvalue weighted by molar-refractivity contribution is -0.116. The summed E-state index contributed by atoms with van der Waals surface area (Å²) in [5.74, 6) is -0.337. The molecule has 0 bridgehead atoms. The number of aromatic nitrogens is 4. The van der Waals surface area contributed by atoms with Crippen LogP contribution in [0.4, 0.5) is 11.5 Å². The summed E-state index contributed by atoms with van der Waals surface area (Å²) in [5, 5.41) is 2.73. The summed E-state index contributed by atoms with van der Waals surface area (Å²) in [5.41, 5.74) is 4.70. The number of amides is 1. The number of hydrogen-bond acceptors (Lipinski definition) is 8. The average Bonchev–Trinajstić information content (AvgIpc) is 3.20. The number of H-pyrrole nitrogens is 1. The number of thioether (sulfide) groups is 1. The zero-order valence-electron chi connectivity index (χ0n) is 19.2. The van der Waals surface area contributed by atoms with E-state index in [-0.39, 0.29) is 47.1 Å². The summed E-state index contributed by atoms with van der Waals surface area (Å²) in [6, 6.07) is 1.72. The van der Waals surface area contributed by atoms with Crippen molar-refractivity contribution in [2.45, 2.75) is 39.4 Å². The second kappa shape index (κ2) is 9.96. The third-order valence-corrected chi connectivity index (χ3v) is 6.69. The number of rotatable bonds is 8. The molecule has 0 saturated heterocycles. The summed E-state index contributed by atoms with van der Waals surface area (Å²) in [6.45, 7) is 8.22. The summed E-state index contributed by atoms with van der Waals surface area (Å²) in [6.07, 6.45) is 0. The van der Waals surface area contributed by atoms with Crippen LogP contribution in [-0.2, 0) is 18.4 Å². The van der Waals surface area contributed by atoms with Gasteiger partial charge in [-0.2, -0.15) is 0 Å². The van der Waals surface area contributed by atoms with E-state index in [1.54, 1.807) is 18.5 Å². The van der Waals surface area contributed by atoms with Crippen LogP contribution in [0.15, 0.2) is 31.0 Å². The Bertz CT molecular complexity index is 1350. The molecule has 0 spiro atoms. The molecule has 0 fully saturated rings. The summed E-state index contributed by atoms with van der Waals surface area (Å²) in [7, 11) is 1.61. The number of aromatic amines is 1. The van der Waals surface area contributed by atoms with Crippen molar-refractivity contribution in [2.24, 2.45) is 18.9 Å². The highest BCUT2D eigenvalue weighted by Crippen LogP contribution is 2.24. The second-order valence-electron chi connectivity index (χ2n) is 8.58. The van der Waals surface area contributed by atoms with Gasteiger partial charge in [-0.05, 0) is 23.3 Å². The van der Waals surface area contributed by atoms with E-state index in [9.17, 15) is 19.2 Å². The maximum atomic E-state index is 13.3. The summed E-state index contributed by atoms with van der Waals surface area (Å²) >= 11 is 2.47. The predicted octanol–water partition coefficient (Wildman–Crippen LogP) is 1.86. The van der Waals surface area contributed by atoms with Crippen molar-refractivity contribution in [3.63, 3.8) is 0 Å². The molecule has 1 amide bonds. The lowest BCUT2D eigenvalue weighted by Crippen LogP contribution is -2.43. The number of carbonyl (C=O) groups excluding carboxylic acids is 1. The maximum absolute atomic E-state index is 13.3. The van der Waals surface area contributed by atoms with Crippen molar-refractivity contribution in [1.82, 2.24) is 19.1 Å². The molecule has 0 saturated carbocycles. The number of nitrogens with two attached hydrogens (primary N) is 1. The van der Waals surface area contributed by atoms with Crippen molar-refractivity contribution < 1.29 is 4.79 Å². The fourth-order valence-electron chi connectivity index (χ4n) is 3.38. The van der Waals surface area contributed by atoms with E-state index in [2.05, 4.69) is 9.97 Å². The second-order valence-corrected chi connectivity index (χ2v) is 10.4. The molecule has 3 aromatic heterocycles. The zero-order valence-corrected chi connectivity index (χ0v) is 20.9. The Hall–Kier alpha value is -2.86. The molecule has 3 N–H and O–H groups in total. The van der Waals surface area contributed by atoms with Crippen LogP contribution in [0.25, 0.3) is 10.2 Å². The van der Waals surface area contributed by atoms with Crippen LogP contribution < -0.4 is 27.4 Å². The molecule has 178 valence electrons. The SMILES string of the molecule is CC(C)CN(C(=O)CSc1nc2sccc2c(=O)n1C)c1c(N)n(CC(C)C)c(=O)[nH]c1=O. The Balaban J connectivity index is 1.97. The lowest BCUT2D eigenvalue weighted by atomic mass is 10.2. The fraction of sp³-hybridized carbons (Fsp3) is 0.476. The van der Waals surface area contributed by atoms with Gasteiger partial charge in [0, 0.05) is 20.1 Å². The zero-order chi connectivity index (χ0) is 24.4. The molecule has 33 heavy (non-hydrogen) atoms. The van der Waals surface area contributed by atoms with Crippen LogP contribution in [-0.4, -0.2) is 37.3 Å². The molecule has 0 aliphatic rings. The summed E-state index contributed by atoms with van der Waals surface area (Å²) < 4.78 is 2.69. The van der Waals surface area contributed by atoms with Crippen LogP contribution >= 0.6 is 23.1 Å². The highest BCUT2D eigenvalue weighted by Gasteiger charge is 2.26. The van der Waals surface area contributed by atoms with Crippen molar-refractivity contribution in [3.8, 4) is 0 Å². The monoisotopic (exact) mass is 492 g/mol. The Morgan fingerprint density at radius 3 is 2.58 bits per heavy atom. The van der Waals surface area contributed by atoms with Gasteiger partial charge < -0.3 is 10.6 Å². The molecule has 10 nitrogen and oxygen atoms in total. The largest absolute Gasteiger partial charge is 0.383 e. The number of hydrogen-bond donors (Lipinski definition) is 2. The van der Waals surface area contributed by atoms with E-state index in [4.69, 9.17) is 5.73 Å². The topological polar surface area (TPSA) is 136 Å². The van der Waals surface area contributed by atoms with E-state index in [0.717, 1.165) is 11.8 Å². The molecule has 0 unspecified atom stereocenters. The predicted molar refractivity (Wildman–Crippen MR) is 133 cm³/mol. The van der Waals surface area contributed by atoms with Crippen LogP contribution in [0.2, 0.25) is 0 Å². The number of fused-ring (bicyclic) bond motifs is 1. The van der Waals surface area contributed by atoms with Crippen LogP contribution in [0.3, 0.4) is 0 Å². The van der Waals surface area contributed by atoms with Gasteiger partial charge in [-0.1, -0.05) is 39.5 Å². The van der Waals surface area contributed by atoms with Gasteiger partial charge >= 0.3 is 5.69 Å².